The molecule has 3 heteroatoms. The number of hydrogen-bond donors (Lipinski definition) is 0. The van der Waals surface area contributed by atoms with E-state index in [4.69, 9.17) is 11.6 Å². The van der Waals surface area contributed by atoms with Crippen LogP contribution in [0.15, 0.2) is 70.5 Å². The molecule has 0 aliphatic rings. The minimum Gasteiger partial charge on any atom is -0.131 e. The third kappa shape index (κ3) is 3.76. The highest BCUT2D eigenvalue weighted by molar-refractivity contribution is 9.11. The second kappa shape index (κ2) is 6.78. The molecule has 0 aliphatic heterocycles. The van der Waals surface area contributed by atoms with E-state index < -0.39 is 0 Å². The van der Waals surface area contributed by atoms with E-state index in [-0.39, 0.29) is 5.38 Å². The van der Waals surface area contributed by atoms with Crippen molar-refractivity contribution >= 4 is 38.9 Å². The first-order valence-electron chi connectivity index (χ1n) is 6.74. The van der Waals surface area contributed by atoms with Gasteiger partial charge in [0.2, 0.25) is 0 Å². The molecule has 1 heterocycles. The molecular formula is C18H14BrClS. The number of thiophene rings is 1. The molecule has 0 nitrogen and oxygen atoms in total. The number of alkyl halides is 1. The molecule has 1 aromatic heterocycles. The highest BCUT2D eigenvalue weighted by Crippen LogP contribution is 2.35. The van der Waals surface area contributed by atoms with Gasteiger partial charge in [-0.2, -0.15) is 0 Å². The van der Waals surface area contributed by atoms with Crippen molar-refractivity contribution in [2.24, 2.45) is 0 Å². The van der Waals surface area contributed by atoms with Gasteiger partial charge in [-0.05, 0) is 51.2 Å². The Hall–Kier alpha value is -1.09. The summed E-state index contributed by atoms with van der Waals surface area (Å²) < 4.78 is 1.11. The Morgan fingerprint density at radius 2 is 1.52 bits per heavy atom. The summed E-state index contributed by atoms with van der Waals surface area (Å²) in [6, 6.07) is 23.2. The van der Waals surface area contributed by atoms with Gasteiger partial charge in [-0.3, -0.25) is 0 Å². The quantitative estimate of drug-likeness (QED) is 0.460. The average Bonchev–Trinajstić information content (AvgIpc) is 2.95. The monoisotopic (exact) mass is 376 g/mol. The van der Waals surface area contributed by atoms with Crippen molar-refractivity contribution in [2.45, 2.75) is 11.8 Å². The molecule has 0 bridgehead atoms. The zero-order valence-corrected chi connectivity index (χ0v) is 14.5. The van der Waals surface area contributed by atoms with E-state index in [1.165, 1.54) is 16.0 Å². The van der Waals surface area contributed by atoms with Gasteiger partial charge in [0.05, 0.1) is 9.16 Å². The fourth-order valence-electron chi connectivity index (χ4n) is 2.26. The molecule has 0 fully saturated rings. The Bertz CT molecular complexity index is 704. The number of rotatable bonds is 4. The smallest absolute Gasteiger partial charge is 0.0928 e. The van der Waals surface area contributed by atoms with Crippen molar-refractivity contribution in [3.05, 3.63) is 92.1 Å². The number of hydrogen-bond acceptors (Lipinski definition) is 1. The third-order valence-corrected chi connectivity index (χ3v) is 5.67. The summed E-state index contributed by atoms with van der Waals surface area (Å²) in [6.45, 7) is 0. The summed E-state index contributed by atoms with van der Waals surface area (Å²) >= 11 is 11.7. The van der Waals surface area contributed by atoms with Crippen molar-refractivity contribution < 1.29 is 0 Å². The van der Waals surface area contributed by atoms with Gasteiger partial charge in [0.1, 0.15) is 0 Å². The molecule has 0 saturated carbocycles. The van der Waals surface area contributed by atoms with Gasteiger partial charge in [0.15, 0.2) is 0 Å². The number of benzene rings is 2. The molecule has 0 amide bonds. The lowest BCUT2D eigenvalue weighted by Crippen LogP contribution is -1.92. The molecule has 0 spiro atoms. The zero-order valence-electron chi connectivity index (χ0n) is 11.3. The topological polar surface area (TPSA) is 0 Å². The zero-order chi connectivity index (χ0) is 14.7. The molecule has 0 aliphatic carbocycles. The molecule has 21 heavy (non-hydrogen) atoms. The van der Waals surface area contributed by atoms with Crippen LogP contribution in [0.3, 0.4) is 0 Å². The van der Waals surface area contributed by atoms with Gasteiger partial charge in [-0.1, -0.05) is 54.6 Å². The molecule has 0 saturated heterocycles. The lowest BCUT2D eigenvalue weighted by Gasteiger charge is -2.09. The molecule has 106 valence electrons. The first kappa shape index (κ1) is 14.8. The van der Waals surface area contributed by atoms with Crippen LogP contribution in [0.4, 0.5) is 0 Å². The molecule has 0 radical (unpaired) electrons. The van der Waals surface area contributed by atoms with Crippen molar-refractivity contribution in [1.29, 1.82) is 0 Å². The Balaban J connectivity index is 1.75. The van der Waals surface area contributed by atoms with E-state index in [2.05, 4.69) is 70.5 Å². The first-order chi connectivity index (χ1) is 10.2. The standard InChI is InChI=1S/C18H14BrClS/c19-17-11-10-16(21-17)18(20)15-8-6-14(7-9-15)12-13-4-2-1-3-5-13/h1-11,18H,12H2. The van der Waals surface area contributed by atoms with E-state index in [0.29, 0.717) is 0 Å². The molecule has 0 N–H and O–H groups in total. The van der Waals surface area contributed by atoms with E-state index in [1.807, 2.05) is 12.1 Å². The molecule has 2 aromatic carbocycles. The highest BCUT2D eigenvalue weighted by Gasteiger charge is 2.12. The van der Waals surface area contributed by atoms with Crippen LogP contribution in [-0.4, -0.2) is 0 Å². The molecule has 1 unspecified atom stereocenters. The average molecular weight is 378 g/mol. The van der Waals surface area contributed by atoms with Crippen LogP contribution in [0, 0.1) is 0 Å². The van der Waals surface area contributed by atoms with E-state index >= 15 is 0 Å². The van der Waals surface area contributed by atoms with Gasteiger partial charge in [0, 0.05) is 4.88 Å². The summed E-state index contributed by atoms with van der Waals surface area (Å²) in [5.41, 5.74) is 3.78. The minimum atomic E-state index is -0.0768. The highest BCUT2D eigenvalue weighted by atomic mass is 79.9. The summed E-state index contributed by atoms with van der Waals surface area (Å²) in [5.74, 6) is 0. The predicted octanol–water partition coefficient (Wildman–Crippen LogP) is 6.43. The van der Waals surface area contributed by atoms with E-state index in [9.17, 15) is 0 Å². The van der Waals surface area contributed by atoms with E-state index in [1.54, 1.807) is 11.3 Å². The lowest BCUT2D eigenvalue weighted by molar-refractivity contribution is 1.14. The predicted molar refractivity (Wildman–Crippen MR) is 95.4 cm³/mol. The van der Waals surface area contributed by atoms with Crippen molar-refractivity contribution in [3.8, 4) is 0 Å². The fourth-order valence-corrected chi connectivity index (χ4v) is 4.05. The molecular weight excluding hydrogens is 364 g/mol. The maximum atomic E-state index is 6.55. The Labute approximate surface area is 142 Å². The maximum absolute atomic E-state index is 6.55. The number of halogens is 2. The SMILES string of the molecule is ClC(c1ccc(Cc2ccccc2)cc1)c1ccc(Br)s1. The van der Waals surface area contributed by atoms with Crippen molar-refractivity contribution in [3.63, 3.8) is 0 Å². The van der Waals surface area contributed by atoms with Gasteiger partial charge in [-0.25, -0.2) is 0 Å². The molecule has 1 atom stereocenters. The first-order valence-corrected chi connectivity index (χ1v) is 8.79. The largest absolute Gasteiger partial charge is 0.131 e. The third-order valence-electron chi connectivity index (χ3n) is 3.37. The normalized spacial score (nSPS) is 12.3. The second-order valence-corrected chi connectivity index (χ2v) is 7.84. The maximum Gasteiger partial charge on any atom is 0.0928 e. The van der Waals surface area contributed by atoms with Gasteiger partial charge >= 0.3 is 0 Å². The van der Waals surface area contributed by atoms with Crippen molar-refractivity contribution in [1.82, 2.24) is 0 Å². The summed E-state index contributed by atoms with van der Waals surface area (Å²) in [5, 5.41) is -0.0768. The summed E-state index contributed by atoms with van der Waals surface area (Å²) in [4.78, 5) is 1.17. The summed E-state index contributed by atoms with van der Waals surface area (Å²) in [7, 11) is 0. The van der Waals surface area contributed by atoms with Gasteiger partial charge in [0.25, 0.3) is 0 Å². The van der Waals surface area contributed by atoms with Crippen LogP contribution in [0.25, 0.3) is 0 Å². The second-order valence-electron chi connectivity index (χ2n) is 4.91. The van der Waals surface area contributed by atoms with Crippen molar-refractivity contribution in [2.75, 3.05) is 0 Å². The Kier molecular flexibility index (Phi) is 4.79. The van der Waals surface area contributed by atoms with Crippen LogP contribution in [0.1, 0.15) is 26.9 Å². The van der Waals surface area contributed by atoms with Gasteiger partial charge < -0.3 is 0 Å². The van der Waals surface area contributed by atoms with Crippen LogP contribution < -0.4 is 0 Å². The fraction of sp³-hybridized carbons (Fsp3) is 0.111. The Morgan fingerprint density at radius 3 is 2.14 bits per heavy atom. The van der Waals surface area contributed by atoms with Gasteiger partial charge in [-0.15, -0.1) is 22.9 Å². The van der Waals surface area contributed by atoms with Crippen LogP contribution in [0.5, 0.6) is 0 Å². The van der Waals surface area contributed by atoms with Crippen LogP contribution >= 0.6 is 38.9 Å². The molecule has 3 aromatic rings. The summed E-state index contributed by atoms with van der Waals surface area (Å²) in [6.07, 6.45) is 0.957. The molecule has 3 rings (SSSR count). The Morgan fingerprint density at radius 1 is 0.857 bits per heavy atom. The van der Waals surface area contributed by atoms with Crippen LogP contribution in [0.2, 0.25) is 0 Å². The van der Waals surface area contributed by atoms with E-state index in [0.717, 1.165) is 15.8 Å². The van der Waals surface area contributed by atoms with Crippen LogP contribution in [-0.2, 0) is 6.42 Å². The minimum absolute atomic E-state index is 0.0768. The lowest BCUT2D eigenvalue weighted by atomic mass is 10.0.